The molecule has 2 fully saturated rings. The van der Waals surface area contributed by atoms with Gasteiger partial charge in [0.15, 0.2) is 0 Å². The molecule has 1 atom stereocenters. The van der Waals surface area contributed by atoms with Gasteiger partial charge in [-0.05, 0) is 36.8 Å². The van der Waals surface area contributed by atoms with Crippen LogP contribution in [0.3, 0.4) is 0 Å². The molecule has 0 radical (unpaired) electrons. The highest BCUT2D eigenvalue weighted by Gasteiger charge is 2.35. The number of primary amides is 1. The predicted molar refractivity (Wildman–Crippen MR) is 90.9 cm³/mol. The van der Waals surface area contributed by atoms with E-state index in [1.54, 1.807) is 6.07 Å². The van der Waals surface area contributed by atoms with Crippen LogP contribution in [0.25, 0.3) is 0 Å². The Balaban J connectivity index is 1.57. The van der Waals surface area contributed by atoms with Gasteiger partial charge < -0.3 is 15.4 Å². The molecule has 0 spiro atoms. The van der Waals surface area contributed by atoms with Crippen LogP contribution in [0.5, 0.6) is 5.88 Å². The summed E-state index contributed by atoms with van der Waals surface area (Å²) in [5.74, 6) is 1.31. The number of nitrogens with zero attached hydrogens (tertiary/aromatic N) is 2. The summed E-state index contributed by atoms with van der Waals surface area (Å²) < 4.78 is 5.84. The van der Waals surface area contributed by atoms with Gasteiger partial charge in [0.1, 0.15) is 18.3 Å². The van der Waals surface area contributed by atoms with Gasteiger partial charge in [-0.2, -0.15) is 0 Å². The second kappa shape index (κ2) is 6.12. The molecule has 1 aliphatic heterocycles. The first kappa shape index (κ1) is 15.5. The van der Waals surface area contributed by atoms with Crippen molar-refractivity contribution in [2.24, 2.45) is 5.73 Å². The summed E-state index contributed by atoms with van der Waals surface area (Å²) in [5, 5.41) is 0. The summed E-state index contributed by atoms with van der Waals surface area (Å²) in [6.45, 7) is 0.536. The first-order valence-electron chi connectivity index (χ1n) is 8.13. The summed E-state index contributed by atoms with van der Waals surface area (Å²) in [4.78, 5) is 30.2. The Bertz CT molecular complexity index is 730. The second-order valence-corrected chi connectivity index (χ2v) is 7.41. The van der Waals surface area contributed by atoms with Gasteiger partial charge in [-0.25, -0.2) is 4.98 Å². The third-order valence-electron chi connectivity index (χ3n) is 4.48. The number of nitrogens with two attached hydrogens (primary N) is 1. The Morgan fingerprint density at radius 2 is 2.17 bits per heavy atom. The molecule has 6 nitrogen and oxygen atoms in total. The van der Waals surface area contributed by atoms with Crippen molar-refractivity contribution in [3.05, 3.63) is 35.0 Å². The van der Waals surface area contributed by atoms with E-state index in [9.17, 15) is 9.59 Å². The van der Waals surface area contributed by atoms with Crippen molar-refractivity contribution in [1.82, 2.24) is 9.88 Å². The molecular weight excluding hydrogens is 326 g/mol. The lowest BCUT2D eigenvalue weighted by Crippen LogP contribution is -2.45. The van der Waals surface area contributed by atoms with Crippen molar-refractivity contribution in [2.75, 3.05) is 18.2 Å². The number of allylic oxidation sites excluding steroid dienone is 1. The number of ether oxygens (including phenoxy) is 1. The minimum absolute atomic E-state index is 0.262. The Morgan fingerprint density at radius 1 is 1.38 bits per heavy atom. The maximum absolute atomic E-state index is 12.7. The Labute approximate surface area is 144 Å². The minimum Gasteiger partial charge on any atom is -0.473 e. The van der Waals surface area contributed by atoms with E-state index < -0.39 is 11.9 Å². The molecule has 1 saturated carbocycles. The lowest BCUT2D eigenvalue weighted by molar-refractivity contribution is -0.121. The number of thioether (sulfide) groups is 1. The van der Waals surface area contributed by atoms with Crippen molar-refractivity contribution in [3.8, 4) is 5.88 Å². The molecule has 2 N–H and O–H groups in total. The van der Waals surface area contributed by atoms with Gasteiger partial charge >= 0.3 is 0 Å². The van der Waals surface area contributed by atoms with E-state index in [4.69, 9.17) is 10.5 Å². The van der Waals surface area contributed by atoms with Gasteiger partial charge in [0.25, 0.3) is 5.91 Å². The molecule has 1 saturated heterocycles. The number of carbonyl (C=O) groups excluding carboxylic acids is 2. The topological polar surface area (TPSA) is 85.5 Å². The van der Waals surface area contributed by atoms with Crippen LogP contribution in [0, 0.1) is 0 Å². The molecule has 4 rings (SSSR count). The average Bonchev–Trinajstić information content (AvgIpc) is 3.50. The highest BCUT2D eigenvalue weighted by Crippen LogP contribution is 2.44. The van der Waals surface area contributed by atoms with Gasteiger partial charge in [-0.3, -0.25) is 9.59 Å². The molecule has 1 aromatic rings. The number of hydrogen-bond acceptors (Lipinski definition) is 5. The third kappa shape index (κ3) is 3.13. The smallest absolute Gasteiger partial charge is 0.273 e. The monoisotopic (exact) mass is 345 g/mol. The van der Waals surface area contributed by atoms with Crippen LogP contribution in [0.2, 0.25) is 0 Å². The normalized spacial score (nSPS) is 22.2. The standard InChI is InChI=1S/C17H19N3O3S/c18-15(21)14-8-24-9-20(14)17(22)13-6-5-12(11-3-4-11)16(19-13)23-7-10-1-2-10/h1,5-6,11,14H,2-4,7-9H2,(H2,18,21). The Hall–Kier alpha value is -2.02. The van der Waals surface area contributed by atoms with Gasteiger partial charge in [0.2, 0.25) is 11.8 Å². The van der Waals surface area contributed by atoms with E-state index in [1.807, 2.05) is 6.07 Å². The zero-order chi connectivity index (χ0) is 16.7. The lowest BCUT2D eigenvalue weighted by atomic mass is 10.1. The summed E-state index contributed by atoms with van der Waals surface area (Å²) in [6.07, 6.45) is 5.40. The average molecular weight is 345 g/mol. The van der Waals surface area contributed by atoms with Crippen LogP contribution in [0.4, 0.5) is 0 Å². The van der Waals surface area contributed by atoms with Crippen molar-refractivity contribution in [2.45, 2.75) is 31.2 Å². The molecule has 3 aliphatic rings. The van der Waals surface area contributed by atoms with Crippen LogP contribution in [-0.4, -0.2) is 46.0 Å². The fourth-order valence-corrected chi connectivity index (χ4v) is 3.93. The minimum atomic E-state index is -0.562. The number of amides is 2. The van der Waals surface area contributed by atoms with E-state index in [0.29, 0.717) is 35.7 Å². The predicted octanol–water partition coefficient (Wildman–Crippen LogP) is 1.67. The van der Waals surface area contributed by atoms with E-state index in [1.165, 1.54) is 22.2 Å². The molecular formula is C17H19N3O3S. The summed E-state index contributed by atoms with van der Waals surface area (Å²) >= 11 is 1.52. The summed E-state index contributed by atoms with van der Waals surface area (Å²) in [7, 11) is 0. The first-order chi connectivity index (χ1) is 11.6. The zero-order valence-electron chi connectivity index (χ0n) is 13.2. The number of hydrogen-bond donors (Lipinski definition) is 1. The maximum Gasteiger partial charge on any atom is 0.273 e. The molecule has 126 valence electrons. The fraction of sp³-hybridized carbons (Fsp3) is 0.471. The number of pyridine rings is 1. The zero-order valence-corrected chi connectivity index (χ0v) is 14.1. The van der Waals surface area contributed by atoms with Crippen molar-refractivity contribution < 1.29 is 14.3 Å². The van der Waals surface area contributed by atoms with Crippen molar-refractivity contribution in [3.63, 3.8) is 0 Å². The molecule has 7 heteroatoms. The van der Waals surface area contributed by atoms with E-state index in [2.05, 4.69) is 11.1 Å². The Kier molecular flexibility index (Phi) is 3.96. The van der Waals surface area contributed by atoms with E-state index >= 15 is 0 Å². The fourth-order valence-electron chi connectivity index (χ4n) is 2.77. The molecule has 0 aromatic carbocycles. The molecule has 1 aromatic heterocycles. The van der Waals surface area contributed by atoms with Crippen LogP contribution in [-0.2, 0) is 4.79 Å². The molecule has 2 heterocycles. The van der Waals surface area contributed by atoms with Crippen LogP contribution in [0.15, 0.2) is 23.8 Å². The van der Waals surface area contributed by atoms with Crippen LogP contribution < -0.4 is 10.5 Å². The van der Waals surface area contributed by atoms with Crippen LogP contribution >= 0.6 is 11.8 Å². The molecule has 24 heavy (non-hydrogen) atoms. The number of aromatic nitrogens is 1. The highest BCUT2D eigenvalue weighted by molar-refractivity contribution is 7.99. The van der Waals surface area contributed by atoms with E-state index in [-0.39, 0.29) is 5.91 Å². The SMILES string of the molecule is NC(=O)C1CSCN1C(=O)c1ccc(C2CC2)c(OCC2=CC2)n1. The second-order valence-electron chi connectivity index (χ2n) is 6.41. The van der Waals surface area contributed by atoms with Crippen LogP contribution in [0.1, 0.15) is 41.2 Å². The summed E-state index contributed by atoms with van der Waals surface area (Å²) in [6, 6.07) is 3.12. The Morgan fingerprint density at radius 3 is 2.83 bits per heavy atom. The van der Waals surface area contributed by atoms with Gasteiger partial charge in [0, 0.05) is 11.3 Å². The number of rotatable bonds is 6. The molecule has 2 aliphatic carbocycles. The first-order valence-corrected chi connectivity index (χ1v) is 9.28. The van der Waals surface area contributed by atoms with Crippen molar-refractivity contribution >= 4 is 23.6 Å². The van der Waals surface area contributed by atoms with Crippen molar-refractivity contribution in [1.29, 1.82) is 0 Å². The van der Waals surface area contributed by atoms with Gasteiger partial charge in [-0.1, -0.05) is 12.1 Å². The quantitative estimate of drug-likeness (QED) is 0.793. The summed E-state index contributed by atoms with van der Waals surface area (Å²) in [5.41, 5.74) is 8.05. The van der Waals surface area contributed by atoms with E-state index in [0.717, 1.165) is 24.8 Å². The number of carbonyl (C=O) groups is 2. The lowest BCUT2D eigenvalue weighted by Gasteiger charge is -2.21. The molecule has 0 bridgehead atoms. The molecule has 2 amide bonds. The van der Waals surface area contributed by atoms with Gasteiger partial charge in [-0.15, -0.1) is 11.8 Å². The van der Waals surface area contributed by atoms with Gasteiger partial charge in [0.05, 0.1) is 5.88 Å². The molecule has 1 unspecified atom stereocenters. The maximum atomic E-state index is 12.7. The third-order valence-corrected chi connectivity index (χ3v) is 5.50. The highest BCUT2D eigenvalue weighted by atomic mass is 32.2. The largest absolute Gasteiger partial charge is 0.473 e.